The van der Waals surface area contributed by atoms with Crippen LogP contribution in [0.4, 0.5) is 0 Å². The van der Waals surface area contributed by atoms with Gasteiger partial charge in [-0.25, -0.2) is 0 Å². The number of hydrogen-bond acceptors (Lipinski definition) is 5. The zero-order chi connectivity index (χ0) is 19.5. The Labute approximate surface area is 168 Å². The van der Waals surface area contributed by atoms with Gasteiger partial charge in [0.1, 0.15) is 0 Å². The number of hydrogen-bond donors (Lipinski definition) is 0. The van der Waals surface area contributed by atoms with E-state index in [2.05, 4.69) is 35.4 Å². The van der Waals surface area contributed by atoms with Crippen molar-refractivity contribution < 1.29 is 4.79 Å². The summed E-state index contributed by atoms with van der Waals surface area (Å²) in [6.45, 7) is 5.91. The molecule has 7 heteroatoms. The Bertz CT molecular complexity index is 977. The molecule has 0 bridgehead atoms. The maximum Gasteiger partial charge on any atom is 0.253 e. The van der Waals surface area contributed by atoms with Gasteiger partial charge in [-0.3, -0.25) is 4.79 Å². The number of thioether (sulfide) groups is 1. The Morgan fingerprint density at radius 2 is 1.82 bits per heavy atom. The van der Waals surface area contributed by atoms with Gasteiger partial charge in [0, 0.05) is 24.4 Å². The molecular formula is C21H23N5OS. The van der Waals surface area contributed by atoms with Crippen molar-refractivity contribution in [1.82, 2.24) is 25.1 Å². The van der Waals surface area contributed by atoms with Gasteiger partial charge in [0.05, 0.1) is 5.69 Å². The van der Waals surface area contributed by atoms with E-state index < -0.39 is 0 Å². The summed E-state index contributed by atoms with van der Waals surface area (Å²) in [5.41, 5.74) is 5.28. The van der Waals surface area contributed by atoms with Crippen LogP contribution in [0.3, 0.4) is 0 Å². The Hall–Kier alpha value is -2.67. The van der Waals surface area contributed by atoms with Gasteiger partial charge >= 0.3 is 0 Å². The van der Waals surface area contributed by atoms with Crippen LogP contribution >= 0.6 is 11.8 Å². The van der Waals surface area contributed by atoms with Crippen LogP contribution in [-0.2, 0) is 5.75 Å². The van der Waals surface area contributed by atoms with E-state index in [1.54, 1.807) is 16.4 Å². The molecule has 0 spiro atoms. The standard InChI is InChI=1S/C21H23N5OS/c1-15-6-5-7-19(16(15)2)26-21(22-23-24-26)28-14-17-8-10-18(11-9-17)20(27)25-12-3-4-13-25/h5-11H,3-4,12-14H2,1-2H3. The molecule has 1 saturated heterocycles. The Kier molecular flexibility index (Phi) is 5.43. The number of benzene rings is 2. The fourth-order valence-electron chi connectivity index (χ4n) is 3.38. The van der Waals surface area contributed by atoms with Gasteiger partial charge < -0.3 is 4.90 Å². The van der Waals surface area contributed by atoms with Crippen molar-refractivity contribution >= 4 is 17.7 Å². The van der Waals surface area contributed by atoms with Crippen molar-refractivity contribution in [3.8, 4) is 5.69 Å². The Morgan fingerprint density at radius 1 is 1.07 bits per heavy atom. The minimum Gasteiger partial charge on any atom is -0.339 e. The number of carbonyl (C=O) groups is 1. The summed E-state index contributed by atoms with van der Waals surface area (Å²) < 4.78 is 1.79. The second-order valence-electron chi connectivity index (χ2n) is 7.08. The van der Waals surface area contributed by atoms with Gasteiger partial charge in [-0.1, -0.05) is 36.0 Å². The molecule has 1 aliphatic heterocycles. The lowest BCUT2D eigenvalue weighted by molar-refractivity contribution is 0.0793. The van der Waals surface area contributed by atoms with E-state index in [1.807, 2.05) is 41.3 Å². The Morgan fingerprint density at radius 3 is 2.57 bits per heavy atom. The van der Waals surface area contributed by atoms with E-state index in [4.69, 9.17) is 0 Å². The molecule has 3 aromatic rings. The SMILES string of the molecule is Cc1cccc(-n2nnnc2SCc2ccc(C(=O)N3CCCC3)cc2)c1C. The van der Waals surface area contributed by atoms with Crippen LogP contribution < -0.4 is 0 Å². The van der Waals surface area contributed by atoms with Crippen LogP contribution in [0.2, 0.25) is 0 Å². The molecule has 6 nitrogen and oxygen atoms in total. The third-order valence-electron chi connectivity index (χ3n) is 5.21. The second kappa shape index (κ2) is 8.14. The van der Waals surface area contributed by atoms with Crippen LogP contribution in [-0.4, -0.2) is 44.1 Å². The van der Waals surface area contributed by atoms with E-state index in [-0.39, 0.29) is 5.91 Å². The number of nitrogens with zero attached hydrogens (tertiary/aromatic N) is 5. The van der Waals surface area contributed by atoms with E-state index in [0.717, 1.165) is 53.7 Å². The smallest absolute Gasteiger partial charge is 0.253 e. The zero-order valence-electron chi connectivity index (χ0n) is 16.1. The highest BCUT2D eigenvalue weighted by atomic mass is 32.2. The molecule has 2 aromatic carbocycles. The first kappa shape index (κ1) is 18.7. The second-order valence-corrected chi connectivity index (χ2v) is 8.02. The van der Waals surface area contributed by atoms with Crippen molar-refractivity contribution in [2.75, 3.05) is 13.1 Å². The first-order chi connectivity index (χ1) is 13.6. The molecule has 4 rings (SSSR count). The van der Waals surface area contributed by atoms with Gasteiger partial charge in [0.15, 0.2) is 0 Å². The van der Waals surface area contributed by atoms with E-state index in [0.29, 0.717) is 0 Å². The average molecular weight is 394 g/mol. The molecule has 1 aromatic heterocycles. The molecule has 1 fully saturated rings. The van der Waals surface area contributed by atoms with Crippen molar-refractivity contribution in [3.63, 3.8) is 0 Å². The summed E-state index contributed by atoms with van der Waals surface area (Å²) in [5.74, 6) is 0.874. The molecule has 2 heterocycles. The summed E-state index contributed by atoms with van der Waals surface area (Å²) in [6.07, 6.45) is 2.21. The number of amides is 1. The summed E-state index contributed by atoms with van der Waals surface area (Å²) in [6, 6.07) is 14.0. The molecule has 144 valence electrons. The third kappa shape index (κ3) is 3.80. The minimum absolute atomic E-state index is 0.135. The number of tetrazole rings is 1. The molecule has 0 atom stereocenters. The summed E-state index contributed by atoms with van der Waals surface area (Å²) in [5, 5.41) is 13.0. The monoisotopic (exact) mass is 393 g/mol. The largest absolute Gasteiger partial charge is 0.339 e. The quantitative estimate of drug-likeness (QED) is 0.617. The lowest BCUT2D eigenvalue weighted by Crippen LogP contribution is -2.27. The van der Waals surface area contributed by atoms with Crippen LogP contribution in [0.25, 0.3) is 5.69 Å². The number of aryl methyl sites for hydroxylation is 1. The lowest BCUT2D eigenvalue weighted by Gasteiger charge is -2.15. The number of carbonyl (C=O) groups excluding carboxylic acids is 1. The van der Waals surface area contributed by atoms with Crippen molar-refractivity contribution in [2.45, 2.75) is 37.6 Å². The van der Waals surface area contributed by atoms with Gasteiger partial charge in [-0.2, -0.15) is 4.68 Å². The van der Waals surface area contributed by atoms with Crippen LogP contribution in [0, 0.1) is 13.8 Å². The fourth-order valence-corrected chi connectivity index (χ4v) is 4.22. The highest BCUT2D eigenvalue weighted by Gasteiger charge is 2.19. The zero-order valence-corrected chi connectivity index (χ0v) is 16.9. The van der Waals surface area contributed by atoms with E-state index in [9.17, 15) is 4.79 Å². The summed E-state index contributed by atoms with van der Waals surface area (Å²) >= 11 is 1.59. The first-order valence-electron chi connectivity index (χ1n) is 9.49. The summed E-state index contributed by atoms with van der Waals surface area (Å²) in [7, 11) is 0. The topological polar surface area (TPSA) is 63.9 Å². The highest BCUT2D eigenvalue weighted by Crippen LogP contribution is 2.25. The third-order valence-corrected chi connectivity index (χ3v) is 6.20. The number of aromatic nitrogens is 4. The normalized spacial score (nSPS) is 13.9. The number of likely N-dealkylation sites (tertiary alicyclic amines) is 1. The predicted octanol–water partition coefficient (Wildman–Crippen LogP) is 3.81. The molecule has 0 saturated carbocycles. The van der Waals surface area contributed by atoms with Gasteiger partial charge in [0.2, 0.25) is 5.16 Å². The molecule has 28 heavy (non-hydrogen) atoms. The molecule has 0 aliphatic carbocycles. The van der Waals surface area contributed by atoms with Crippen molar-refractivity contribution in [2.24, 2.45) is 0 Å². The highest BCUT2D eigenvalue weighted by molar-refractivity contribution is 7.98. The van der Waals surface area contributed by atoms with Gasteiger partial charge in [-0.15, -0.1) is 5.10 Å². The molecule has 0 radical (unpaired) electrons. The Balaban J connectivity index is 1.45. The molecule has 0 unspecified atom stereocenters. The van der Waals surface area contributed by atoms with E-state index in [1.165, 1.54) is 11.1 Å². The molecular weight excluding hydrogens is 370 g/mol. The van der Waals surface area contributed by atoms with Gasteiger partial charge in [-0.05, 0) is 72.0 Å². The van der Waals surface area contributed by atoms with Crippen molar-refractivity contribution in [1.29, 1.82) is 0 Å². The number of rotatable bonds is 5. The minimum atomic E-state index is 0.135. The van der Waals surface area contributed by atoms with Gasteiger partial charge in [0.25, 0.3) is 5.91 Å². The maximum absolute atomic E-state index is 12.5. The van der Waals surface area contributed by atoms with Crippen molar-refractivity contribution in [3.05, 3.63) is 64.7 Å². The lowest BCUT2D eigenvalue weighted by atomic mass is 10.1. The van der Waals surface area contributed by atoms with Crippen LogP contribution in [0.1, 0.15) is 39.9 Å². The van der Waals surface area contributed by atoms with Crippen LogP contribution in [0.15, 0.2) is 47.6 Å². The predicted molar refractivity (Wildman–Crippen MR) is 110 cm³/mol. The molecule has 1 aliphatic rings. The molecule has 0 N–H and O–H groups in total. The fraction of sp³-hybridized carbons (Fsp3) is 0.333. The molecule has 1 amide bonds. The van der Waals surface area contributed by atoms with Crippen LogP contribution in [0.5, 0.6) is 0 Å². The average Bonchev–Trinajstić information content (AvgIpc) is 3.40. The first-order valence-corrected chi connectivity index (χ1v) is 10.5. The summed E-state index contributed by atoms with van der Waals surface area (Å²) in [4.78, 5) is 14.4. The maximum atomic E-state index is 12.5. The van der Waals surface area contributed by atoms with E-state index >= 15 is 0 Å².